The zero-order valence-electron chi connectivity index (χ0n) is 12.9. The number of carbonyl (C=O) groups is 1. The van der Waals surface area contributed by atoms with Crippen LogP contribution in [0.1, 0.15) is 19.8 Å². The molecular weight excluding hydrogens is 286 g/mol. The van der Waals surface area contributed by atoms with E-state index < -0.39 is 0 Å². The number of likely N-dealkylation sites (tertiary alicyclic amines) is 1. The van der Waals surface area contributed by atoms with Gasteiger partial charge in [-0.05, 0) is 44.4 Å². The molecule has 1 aliphatic heterocycles. The molecule has 0 bridgehead atoms. The topological polar surface area (TPSA) is 49.6 Å². The number of nitrogens with zero attached hydrogens (tertiary/aromatic N) is 2. The minimum Gasteiger partial charge on any atom is -0.328 e. The summed E-state index contributed by atoms with van der Waals surface area (Å²) in [6.45, 7) is 4.48. The normalized spacial score (nSPS) is 20.4. The van der Waals surface area contributed by atoms with E-state index in [0.717, 1.165) is 25.2 Å². The Bertz CT molecular complexity index is 438. The Balaban J connectivity index is 0.00000220. The SMILES string of the molecule is CC(N)C1CCCN(CC(=O)N(C)c2ccccc2)C1.Cl. The first kappa shape index (κ1) is 18.0. The second-order valence-electron chi connectivity index (χ2n) is 5.78. The zero-order valence-corrected chi connectivity index (χ0v) is 13.7. The third kappa shape index (κ3) is 4.99. The highest BCUT2D eigenvalue weighted by Crippen LogP contribution is 2.19. The van der Waals surface area contributed by atoms with E-state index in [2.05, 4.69) is 11.8 Å². The standard InChI is InChI=1S/C16H25N3O.ClH/c1-13(17)14-7-6-10-19(11-14)12-16(20)18(2)15-8-4-3-5-9-15;/h3-5,8-9,13-14H,6-7,10-12,17H2,1-2H3;1H. The van der Waals surface area contributed by atoms with Crippen molar-refractivity contribution in [3.8, 4) is 0 Å². The molecule has 0 saturated carbocycles. The first-order valence-electron chi connectivity index (χ1n) is 7.37. The second kappa shape index (κ2) is 8.37. The van der Waals surface area contributed by atoms with Gasteiger partial charge in [0.25, 0.3) is 0 Å². The molecule has 2 atom stereocenters. The first-order valence-corrected chi connectivity index (χ1v) is 7.37. The molecule has 1 saturated heterocycles. The predicted molar refractivity (Wildman–Crippen MR) is 89.9 cm³/mol. The number of likely N-dealkylation sites (N-methyl/N-ethyl adjacent to an activating group) is 1. The Labute approximate surface area is 133 Å². The highest BCUT2D eigenvalue weighted by atomic mass is 35.5. The maximum absolute atomic E-state index is 12.3. The summed E-state index contributed by atoms with van der Waals surface area (Å²) in [4.78, 5) is 16.3. The summed E-state index contributed by atoms with van der Waals surface area (Å²) in [5.41, 5.74) is 6.93. The summed E-state index contributed by atoms with van der Waals surface area (Å²) in [7, 11) is 1.84. The summed E-state index contributed by atoms with van der Waals surface area (Å²) >= 11 is 0. The van der Waals surface area contributed by atoms with Gasteiger partial charge in [0.05, 0.1) is 6.54 Å². The van der Waals surface area contributed by atoms with Gasteiger partial charge < -0.3 is 10.6 Å². The highest BCUT2D eigenvalue weighted by Gasteiger charge is 2.24. The van der Waals surface area contributed by atoms with Crippen LogP contribution in [0, 0.1) is 5.92 Å². The van der Waals surface area contributed by atoms with Crippen LogP contribution in [0.2, 0.25) is 0 Å². The molecule has 0 radical (unpaired) electrons. The Kier molecular flexibility index (Phi) is 7.15. The molecule has 21 heavy (non-hydrogen) atoms. The van der Waals surface area contributed by atoms with E-state index in [0.29, 0.717) is 12.5 Å². The van der Waals surface area contributed by atoms with E-state index in [1.165, 1.54) is 6.42 Å². The first-order chi connectivity index (χ1) is 9.58. The van der Waals surface area contributed by atoms with Crippen molar-refractivity contribution in [3.05, 3.63) is 30.3 Å². The lowest BCUT2D eigenvalue weighted by Gasteiger charge is -2.34. The van der Waals surface area contributed by atoms with E-state index in [1.54, 1.807) is 4.90 Å². The van der Waals surface area contributed by atoms with Gasteiger partial charge in [0.2, 0.25) is 5.91 Å². The number of carbonyl (C=O) groups excluding carboxylic acids is 1. The minimum atomic E-state index is 0. The molecule has 2 rings (SSSR count). The number of hydrogen-bond donors (Lipinski definition) is 1. The van der Waals surface area contributed by atoms with Crippen LogP contribution >= 0.6 is 12.4 Å². The molecule has 1 heterocycles. The van der Waals surface area contributed by atoms with E-state index in [9.17, 15) is 4.79 Å². The van der Waals surface area contributed by atoms with Crippen LogP contribution < -0.4 is 10.6 Å². The number of hydrogen-bond acceptors (Lipinski definition) is 3. The number of para-hydroxylation sites is 1. The molecule has 1 aromatic carbocycles. The summed E-state index contributed by atoms with van der Waals surface area (Å²) in [6, 6.07) is 9.98. The van der Waals surface area contributed by atoms with Crippen LogP contribution in [0.4, 0.5) is 5.69 Å². The lowest BCUT2D eigenvalue weighted by atomic mass is 9.92. The number of nitrogens with two attached hydrogens (primary N) is 1. The van der Waals surface area contributed by atoms with Crippen molar-refractivity contribution >= 4 is 24.0 Å². The molecule has 5 heteroatoms. The summed E-state index contributed by atoms with van der Waals surface area (Å²) in [5, 5.41) is 0. The smallest absolute Gasteiger partial charge is 0.240 e. The van der Waals surface area contributed by atoms with E-state index >= 15 is 0 Å². The van der Waals surface area contributed by atoms with Gasteiger partial charge in [0.1, 0.15) is 0 Å². The monoisotopic (exact) mass is 311 g/mol. The molecule has 118 valence electrons. The molecule has 1 amide bonds. The van der Waals surface area contributed by atoms with E-state index in [1.807, 2.05) is 37.4 Å². The van der Waals surface area contributed by atoms with Gasteiger partial charge in [-0.3, -0.25) is 9.69 Å². The highest BCUT2D eigenvalue weighted by molar-refractivity contribution is 5.94. The molecule has 1 aromatic rings. The van der Waals surface area contributed by atoms with Gasteiger partial charge >= 0.3 is 0 Å². The molecule has 0 spiro atoms. The van der Waals surface area contributed by atoms with Crippen molar-refractivity contribution in [1.29, 1.82) is 0 Å². The molecular formula is C16H26ClN3O. The van der Waals surface area contributed by atoms with Crippen molar-refractivity contribution in [3.63, 3.8) is 0 Å². The number of rotatable bonds is 4. The average Bonchev–Trinajstić information content (AvgIpc) is 2.47. The minimum absolute atomic E-state index is 0. The van der Waals surface area contributed by atoms with Crippen molar-refractivity contribution < 1.29 is 4.79 Å². The Morgan fingerprint density at radius 2 is 2.10 bits per heavy atom. The average molecular weight is 312 g/mol. The molecule has 2 N–H and O–H groups in total. The van der Waals surface area contributed by atoms with Crippen LogP contribution in [0.25, 0.3) is 0 Å². The largest absolute Gasteiger partial charge is 0.328 e. The van der Waals surface area contributed by atoms with E-state index in [-0.39, 0.29) is 24.4 Å². The fourth-order valence-corrected chi connectivity index (χ4v) is 2.76. The summed E-state index contributed by atoms with van der Waals surface area (Å²) in [5.74, 6) is 0.653. The van der Waals surface area contributed by atoms with Gasteiger partial charge in [-0.1, -0.05) is 18.2 Å². The number of benzene rings is 1. The zero-order chi connectivity index (χ0) is 14.5. The summed E-state index contributed by atoms with van der Waals surface area (Å²) < 4.78 is 0. The third-order valence-electron chi connectivity index (χ3n) is 4.16. The van der Waals surface area contributed by atoms with Crippen LogP contribution in [-0.4, -0.2) is 43.5 Å². The fourth-order valence-electron chi connectivity index (χ4n) is 2.76. The van der Waals surface area contributed by atoms with Crippen LogP contribution in [-0.2, 0) is 4.79 Å². The Morgan fingerprint density at radius 1 is 1.43 bits per heavy atom. The third-order valence-corrected chi connectivity index (χ3v) is 4.16. The van der Waals surface area contributed by atoms with E-state index in [4.69, 9.17) is 5.73 Å². The van der Waals surface area contributed by atoms with Gasteiger partial charge in [-0.25, -0.2) is 0 Å². The van der Waals surface area contributed by atoms with Crippen LogP contribution in [0.3, 0.4) is 0 Å². The number of anilines is 1. The molecule has 1 fully saturated rings. The Morgan fingerprint density at radius 3 is 2.71 bits per heavy atom. The van der Waals surface area contributed by atoms with Crippen molar-refractivity contribution in [2.45, 2.75) is 25.8 Å². The lowest BCUT2D eigenvalue weighted by Crippen LogP contribution is -2.46. The molecule has 0 aromatic heterocycles. The number of piperidine rings is 1. The second-order valence-corrected chi connectivity index (χ2v) is 5.78. The maximum Gasteiger partial charge on any atom is 0.240 e. The lowest BCUT2D eigenvalue weighted by molar-refractivity contribution is -0.119. The Hall–Kier alpha value is -1.10. The van der Waals surface area contributed by atoms with Crippen molar-refractivity contribution in [2.75, 3.05) is 31.6 Å². The van der Waals surface area contributed by atoms with Gasteiger partial charge in [0.15, 0.2) is 0 Å². The van der Waals surface area contributed by atoms with Gasteiger partial charge in [0, 0.05) is 25.3 Å². The molecule has 1 aliphatic rings. The quantitative estimate of drug-likeness (QED) is 0.926. The molecule has 4 nitrogen and oxygen atoms in total. The molecule has 0 aliphatic carbocycles. The fraction of sp³-hybridized carbons (Fsp3) is 0.562. The van der Waals surface area contributed by atoms with Gasteiger partial charge in [-0.15, -0.1) is 12.4 Å². The number of amides is 1. The van der Waals surface area contributed by atoms with Crippen molar-refractivity contribution in [1.82, 2.24) is 4.90 Å². The van der Waals surface area contributed by atoms with Crippen LogP contribution in [0.5, 0.6) is 0 Å². The maximum atomic E-state index is 12.3. The molecule has 2 unspecified atom stereocenters. The van der Waals surface area contributed by atoms with Crippen LogP contribution in [0.15, 0.2) is 30.3 Å². The summed E-state index contributed by atoms with van der Waals surface area (Å²) in [6.07, 6.45) is 2.31. The van der Waals surface area contributed by atoms with Crippen molar-refractivity contribution in [2.24, 2.45) is 11.7 Å². The van der Waals surface area contributed by atoms with Gasteiger partial charge in [-0.2, -0.15) is 0 Å². The predicted octanol–water partition coefficient (Wildman–Crippen LogP) is 2.13. The number of halogens is 1.